The van der Waals surface area contributed by atoms with Crippen LogP contribution in [0.15, 0.2) is 34.5 Å². The van der Waals surface area contributed by atoms with Crippen molar-refractivity contribution in [1.29, 1.82) is 0 Å². The van der Waals surface area contributed by atoms with Crippen molar-refractivity contribution in [2.24, 2.45) is 22.0 Å². The number of fused-ring (bicyclic) bond motifs is 1. The number of allylic oxidation sites excluding steroid dienone is 4. The van der Waals surface area contributed by atoms with Crippen LogP contribution in [0.2, 0.25) is 0 Å². The third-order valence-corrected chi connectivity index (χ3v) is 2.08. The van der Waals surface area contributed by atoms with Gasteiger partial charge in [0, 0.05) is 18.1 Å². The molecule has 0 aromatic rings. The van der Waals surface area contributed by atoms with Gasteiger partial charge in [-0.05, 0) is 6.08 Å². The maximum Gasteiger partial charge on any atom is 0.0705 e. The molecular formula is C9H10N2. The molecule has 2 nitrogen and oxygen atoms in total. The predicted octanol–water partition coefficient (Wildman–Crippen LogP) is 1.81. The highest BCUT2D eigenvalue weighted by molar-refractivity contribution is 6.02. The van der Waals surface area contributed by atoms with Gasteiger partial charge >= 0.3 is 0 Å². The standard InChI is InChI=1S/C9H10N2/c1-7-6-10-11-9-5-3-2-4-8(7)9/h2-8H,1H3. The molecule has 2 heteroatoms. The average molecular weight is 146 g/mol. The van der Waals surface area contributed by atoms with E-state index in [1.54, 1.807) is 0 Å². The van der Waals surface area contributed by atoms with Gasteiger partial charge in [0.15, 0.2) is 0 Å². The van der Waals surface area contributed by atoms with Crippen molar-refractivity contribution in [3.63, 3.8) is 0 Å². The van der Waals surface area contributed by atoms with Crippen molar-refractivity contribution in [3.05, 3.63) is 24.3 Å². The molecular weight excluding hydrogens is 136 g/mol. The number of hydrogen-bond acceptors (Lipinski definition) is 2. The molecule has 0 spiro atoms. The van der Waals surface area contributed by atoms with E-state index in [9.17, 15) is 0 Å². The van der Waals surface area contributed by atoms with E-state index in [-0.39, 0.29) is 0 Å². The summed E-state index contributed by atoms with van der Waals surface area (Å²) in [5.74, 6) is 0.946. The molecule has 2 rings (SSSR count). The van der Waals surface area contributed by atoms with Crippen molar-refractivity contribution in [2.45, 2.75) is 6.92 Å². The van der Waals surface area contributed by atoms with E-state index in [1.165, 1.54) is 0 Å². The highest BCUT2D eigenvalue weighted by Crippen LogP contribution is 2.20. The molecule has 2 atom stereocenters. The molecule has 1 aliphatic heterocycles. The third kappa shape index (κ3) is 1.04. The summed E-state index contributed by atoms with van der Waals surface area (Å²) in [6.45, 7) is 2.16. The topological polar surface area (TPSA) is 24.7 Å². The molecule has 0 aromatic heterocycles. The molecule has 11 heavy (non-hydrogen) atoms. The SMILES string of the molecule is CC1C=NN=C2C=CC=CC21. The Kier molecular flexibility index (Phi) is 1.46. The van der Waals surface area contributed by atoms with Crippen LogP contribution in [0, 0.1) is 11.8 Å². The minimum Gasteiger partial charge on any atom is -0.163 e. The highest BCUT2D eigenvalue weighted by atomic mass is 15.2. The first kappa shape index (κ1) is 6.53. The largest absolute Gasteiger partial charge is 0.163 e. The molecule has 0 amide bonds. The van der Waals surface area contributed by atoms with Crippen molar-refractivity contribution in [1.82, 2.24) is 0 Å². The Morgan fingerprint density at radius 3 is 3.09 bits per heavy atom. The zero-order valence-electron chi connectivity index (χ0n) is 6.44. The summed E-state index contributed by atoms with van der Waals surface area (Å²) in [7, 11) is 0. The normalized spacial score (nSPS) is 33.4. The van der Waals surface area contributed by atoms with E-state index in [4.69, 9.17) is 0 Å². The smallest absolute Gasteiger partial charge is 0.0705 e. The van der Waals surface area contributed by atoms with Gasteiger partial charge in [-0.15, -0.1) is 0 Å². The van der Waals surface area contributed by atoms with Gasteiger partial charge in [-0.3, -0.25) is 0 Å². The van der Waals surface area contributed by atoms with E-state index >= 15 is 0 Å². The van der Waals surface area contributed by atoms with Crippen LogP contribution in [0.25, 0.3) is 0 Å². The van der Waals surface area contributed by atoms with Gasteiger partial charge in [-0.1, -0.05) is 25.2 Å². The Morgan fingerprint density at radius 2 is 2.27 bits per heavy atom. The fraction of sp³-hybridized carbons (Fsp3) is 0.333. The van der Waals surface area contributed by atoms with Crippen molar-refractivity contribution >= 4 is 11.9 Å². The van der Waals surface area contributed by atoms with Gasteiger partial charge in [0.25, 0.3) is 0 Å². The number of hydrogen-bond donors (Lipinski definition) is 0. The summed E-state index contributed by atoms with van der Waals surface area (Å²) < 4.78 is 0. The average Bonchev–Trinajstić information content (AvgIpc) is 2.06. The van der Waals surface area contributed by atoms with Crippen LogP contribution in [0.5, 0.6) is 0 Å². The van der Waals surface area contributed by atoms with Crippen molar-refractivity contribution in [3.8, 4) is 0 Å². The number of rotatable bonds is 0. The Bertz CT molecular complexity index is 271. The lowest BCUT2D eigenvalue weighted by Crippen LogP contribution is -2.23. The molecule has 0 aromatic carbocycles. The van der Waals surface area contributed by atoms with Crippen LogP contribution in [0.3, 0.4) is 0 Å². The third-order valence-electron chi connectivity index (χ3n) is 2.08. The molecule has 56 valence electrons. The first-order valence-electron chi connectivity index (χ1n) is 3.84. The molecule has 1 aliphatic carbocycles. The zero-order valence-corrected chi connectivity index (χ0v) is 6.44. The summed E-state index contributed by atoms with van der Waals surface area (Å²) in [5.41, 5.74) is 1.09. The van der Waals surface area contributed by atoms with Gasteiger partial charge in [0.2, 0.25) is 0 Å². The summed E-state index contributed by atoms with van der Waals surface area (Å²) >= 11 is 0. The molecule has 0 bridgehead atoms. The van der Waals surface area contributed by atoms with E-state index in [1.807, 2.05) is 18.4 Å². The highest BCUT2D eigenvalue weighted by Gasteiger charge is 2.21. The minimum atomic E-state index is 0.456. The van der Waals surface area contributed by atoms with Crippen LogP contribution >= 0.6 is 0 Å². The van der Waals surface area contributed by atoms with Gasteiger partial charge < -0.3 is 0 Å². The second kappa shape index (κ2) is 2.46. The Hall–Kier alpha value is -1.18. The van der Waals surface area contributed by atoms with Crippen LogP contribution < -0.4 is 0 Å². The maximum absolute atomic E-state index is 4.05. The fourth-order valence-electron chi connectivity index (χ4n) is 1.39. The number of nitrogens with zero attached hydrogens (tertiary/aromatic N) is 2. The Morgan fingerprint density at radius 1 is 1.36 bits per heavy atom. The van der Waals surface area contributed by atoms with E-state index in [0.717, 1.165) is 5.71 Å². The minimum absolute atomic E-state index is 0.456. The van der Waals surface area contributed by atoms with Gasteiger partial charge in [-0.2, -0.15) is 10.2 Å². The van der Waals surface area contributed by atoms with Crippen molar-refractivity contribution in [2.75, 3.05) is 0 Å². The summed E-state index contributed by atoms with van der Waals surface area (Å²) in [5, 5.41) is 7.97. The van der Waals surface area contributed by atoms with E-state index in [2.05, 4.69) is 29.3 Å². The van der Waals surface area contributed by atoms with Crippen molar-refractivity contribution < 1.29 is 0 Å². The fourth-order valence-corrected chi connectivity index (χ4v) is 1.39. The van der Waals surface area contributed by atoms with Crippen LogP contribution in [0.4, 0.5) is 0 Å². The lowest BCUT2D eigenvalue weighted by Gasteiger charge is -2.21. The van der Waals surface area contributed by atoms with E-state index < -0.39 is 0 Å². The summed E-state index contributed by atoms with van der Waals surface area (Å²) in [4.78, 5) is 0. The van der Waals surface area contributed by atoms with Gasteiger partial charge in [-0.25, -0.2) is 0 Å². The van der Waals surface area contributed by atoms with Crippen LogP contribution in [-0.4, -0.2) is 11.9 Å². The van der Waals surface area contributed by atoms with E-state index in [0.29, 0.717) is 11.8 Å². The molecule has 2 aliphatic rings. The molecule has 0 saturated heterocycles. The quantitative estimate of drug-likeness (QED) is 0.498. The Balaban J connectivity index is 2.35. The zero-order chi connectivity index (χ0) is 7.68. The first-order valence-corrected chi connectivity index (χ1v) is 3.84. The lowest BCUT2D eigenvalue weighted by molar-refractivity contribution is 0.677. The molecule has 0 saturated carbocycles. The van der Waals surface area contributed by atoms with Crippen LogP contribution in [-0.2, 0) is 0 Å². The predicted molar refractivity (Wildman–Crippen MR) is 46.9 cm³/mol. The molecule has 0 N–H and O–H groups in total. The maximum atomic E-state index is 4.05. The molecule has 0 radical (unpaired) electrons. The molecule has 2 unspecified atom stereocenters. The molecule has 1 heterocycles. The second-order valence-corrected chi connectivity index (χ2v) is 2.92. The molecule has 0 fully saturated rings. The summed E-state index contributed by atoms with van der Waals surface area (Å²) in [6.07, 6.45) is 10.2. The van der Waals surface area contributed by atoms with Gasteiger partial charge in [0.05, 0.1) is 5.71 Å². The second-order valence-electron chi connectivity index (χ2n) is 2.92. The van der Waals surface area contributed by atoms with Gasteiger partial charge in [0.1, 0.15) is 0 Å². The van der Waals surface area contributed by atoms with Crippen LogP contribution in [0.1, 0.15) is 6.92 Å². The Labute approximate surface area is 66.0 Å². The first-order chi connectivity index (χ1) is 5.38. The monoisotopic (exact) mass is 146 g/mol. The summed E-state index contributed by atoms with van der Waals surface area (Å²) in [6, 6.07) is 0. The lowest BCUT2D eigenvalue weighted by atomic mass is 9.87.